The number of nitrogens with one attached hydrogen (secondary N) is 1. The number of carbonyl (C=O) groups excluding carboxylic acids is 1. The lowest BCUT2D eigenvalue weighted by Crippen LogP contribution is -2.34. The fourth-order valence-corrected chi connectivity index (χ4v) is 5.63. The molecule has 0 bridgehead atoms. The summed E-state index contributed by atoms with van der Waals surface area (Å²) in [5.74, 6) is -4.44. The van der Waals surface area contributed by atoms with E-state index in [1.807, 2.05) is 0 Å². The molecule has 3 aromatic carbocycles. The first kappa shape index (κ1) is 28.7. The van der Waals surface area contributed by atoms with E-state index in [9.17, 15) is 23.5 Å². The number of fused-ring (bicyclic) bond motifs is 1. The zero-order valence-corrected chi connectivity index (χ0v) is 23.3. The molecule has 0 radical (unpaired) electrons. The second-order valence-corrected chi connectivity index (χ2v) is 11.5. The summed E-state index contributed by atoms with van der Waals surface area (Å²) in [5, 5.41) is 12.7. The second kappa shape index (κ2) is 11.2. The lowest BCUT2D eigenvalue weighted by molar-refractivity contribution is -0.142. The van der Waals surface area contributed by atoms with Crippen LogP contribution in [0.3, 0.4) is 0 Å². The van der Waals surface area contributed by atoms with Crippen LogP contribution in [0.25, 0.3) is 22.4 Å². The van der Waals surface area contributed by atoms with E-state index in [-0.39, 0.29) is 28.2 Å². The molecule has 1 heterocycles. The molecule has 0 aliphatic heterocycles. The number of benzene rings is 3. The third kappa shape index (κ3) is 5.55. The fraction of sp³-hybridized carbons (Fsp3) is 0.323. The van der Waals surface area contributed by atoms with Gasteiger partial charge in [0.25, 0.3) is 0 Å². The molecule has 1 amide bonds. The molecule has 41 heavy (non-hydrogen) atoms. The molecule has 1 atom stereocenters. The van der Waals surface area contributed by atoms with Crippen molar-refractivity contribution >= 4 is 40.2 Å². The molecular weight excluding hydrogens is 555 g/mol. The molecule has 0 saturated heterocycles. The first-order valence-corrected chi connectivity index (χ1v) is 13.8. The van der Waals surface area contributed by atoms with E-state index >= 15 is 4.39 Å². The Balaban J connectivity index is 1.63. The minimum Gasteiger partial charge on any atom is -0.481 e. The third-order valence-corrected chi connectivity index (χ3v) is 8.21. The van der Waals surface area contributed by atoms with Gasteiger partial charge in [-0.25, -0.2) is 18.2 Å². The van der Waals surface area contributed by atoms with Crippen LogP contribution in [0.4, 0.5) is 18.9 Å². The SMILES string of the molecule is CC(C)(C(=O)O)c1ccc(NC(=O)C(C2CCCCC2)n2c(-c3ccc(Cl)cc3)nc3cc(F)c(F)cc32)c(F)c1. The van der Waals surface area contributed by atoms with E-state index in [4.69, 9.17) is 11.6 Å². The topological polar surface area (TPSA) is 84.2 Å². The molecule has 1 aromatic heterocycles. The van der Waals surface area contributed by atoms with Gasteiger partial charge in [0.1, 0.15) is 17.7 Å². The number of imidazole rings is 1. The van der Waals surface area contributed by atoms with Gasteiger partial charge in [-0.1, -0.05) is 36.9 Å². The Morgan fingerprint density at radius 3 is 2.27 bits per heavy atom. The monoisotopic (exact) mass is 583 g/mol. The number of amides is 1. The third-order valence-electron chi connectivity index (χ3n) is 7.96. The summed E-state index contributed by atoms with van der Waals surface area (Å²) in [7, 11) is 0. The summed E-state index contributed by atoms with van der Waals surface area (Å²) < 4.78 is 45.7. The van der Waals surface area contributed by atoms with Crippen molar-refractivity contribution in [3.63, 3.8) is 0 Å². The van der Waals surface area contributed by atoms with E-state index < -0.39 is 40.8 Å². The molecule has 1 fully saturated rings. The molecule has 2 N–H and O–H groups in total. The minimum absolute atomic E-state index is 0.115. The van der Waals surface area contributed by atoms with Gasteiger partial charge in [-0.3, -0.25) is 9.59 Å². The lowest BCUT2D eigenvalue weighted by Gasteiger charge is -2.32. The maximum atomic E-state index is 15.3. The van der Waals surface area contributed by atoms with E-state index in [0.717, 1.165) is 37.5 Å². The van der Waals surface area contributed by atoms with Crippen LogP contribution in [-0.4, -0.2) is 26.5 Å². The van der Waals surface area contributed by atoms with Crippen molar-refractivity contribution in [1.82, 2.24) is 9.55 Å². The molecule has 1 aliphatic rings. The van der Waals surface area contributed by atoms with Crippen LogP contribution in [0.15, 0.2) is 54.6 Å². The minimum atomic E-state index is -1.34. The number of nitrogens with zero attached hydrogens (tertiary/aromatic N) is 2. The Kier molecular flexibility index (Phi) is 7.83. The normalized spacial score (nSPS) is 15.2. The number of aromatic nitrogens is 2. The van der Waals surface area contributed by atoms with Crippen molar-refractivity contribution in [2.45, 2.75) is 57.4 Å². The van der Waals surface area contributed by atoms with E-state index in [0.29, 0.717) is 29.3 Å². The number of carboxylic acid groups (broad SMARTS) is 1. The number of hydrogen-bond donors (Lipinski definition) is 2. The maximum absolute atomic E-state index is 15.3. The van der Waals surface area contributed by atoms with E-state index in [1.165, 1.54) is 26.0 Å². The van der Waals surface area contributed by atoms with Crippen LogP contribution in [-0.2, 0) is 15.0 Å². The summed E-state index contributed by atoms with van der Waals surface area (Å²) in [4.78, 5) is 30.3. The predicted molar refractivity (Wildman–Crippen MR) is 151 cm³/mol. The number of aliphatic carboxylic acids is 1. The van der Waals surface area contributed by atoms with Crippen LogP contribution in [0.5, 0.6) is 0 Å². The van der Waals surface area contributed by atoms with Crippen molar-refractivity contribution in [3.05, 3.63) is 82.6 Å². The zero-order chi connectivity index (χ0) is 29.5. The molecule has 10 heteroatoms. The van der Waals surface area contributed by atoms with Gasteiger partial charge in [0, 0.05) is 22.7 Å². The number of hydrogen-bond acceptors (Lipinski definition) is 3. The smallest absolute Gasteiger partial charge is 0.313 e. The highest BCUT2D eigenvalue weighted by atomic mass is 35.5. The summed E-state index contributed by atoms with van der Waals surface area (Å²) in [6.07, 6.45) is 4.18. The Bertz CT molecular complexity index is 1630. The van der Waals surface area contributed by atoms with Crippen LogP contribution in [0, 0.1) is 23.4 Å². The molecule has 1 unspecified atom stereocenters. The van der Waals surface area contributed by atoms with Crippen molar-refractivity contribution in [1.29, 1.82) is 0 Å². The van der Waals surface area contributed by atoms with Gasteiger partial charge < -0.3 is 15.0 Å². The number of halogens is 4. The standard InChI is InChI=1S/C31H29ClF3N3O3/c1-31(2,30(40)41)19-10-13-24(23(35)14-19)37-29(39)27(17-6-4-3-5-7-17)38-26-16-22(34)21(33)15-25(26)36-28(38)18-8-11-20(32)12-9-18/h8-17,27H,3-7H2,1-2H3,(H,37,39)(H,40,41). The average molecular weight is 584 g/mol. The summed E-state index contributed by atoms with van der Waals surface area (Å²) in [5.41, 5.74) is -0.210. The Morgan fingerprint density at radius 2 is 1.63 bits per heavy atom. The largest absolute Gasteiger partial charge is 0.481 e. The van der Waals surface area contributed by atoms with Crippen molar-refractivity contribution in [2.75, 3.05) is 5.32 Å². The predicted octanol–water partition coefficient (Wildman–Crippen LogP) is 7.90. The summed E-state index contributed by atoms with van der Waals surface area (Å²) in [6, 6.07) is 11.8. The van der Waals surface area contributed by atoms with Crippen molar-refractivity contribution in [2.24, 2.45) is 5.92 Å². The Morgan fingerprint density at radius 1 is 0.976 bits per heavy atom. The molecule has 6 nitrogen and oxygen atoms in total. The van der Waals surface area contributed by atoms with Crippen LogP contribution in [0.2, 0.25) is 5.02 Å². The number of anilines is 1. The highest BCUT2D eigenvalue weighted by molar-refractivity contribution is 6.30. The van der Waals surface area contributed by atoms with Gasteiger partial charge in [0.15, 0.2) is 11.6 Å². The highest BCUT2D eigenvalue weighted by Crippen LogP contribution is 2.40. The number of rotatable bonds is 7. The number of carboxylic acids is 1. The van der Waals surface area contributed by atoms with Gasteiger partial charge in [0.2, 0.25) is 5.91 Å². The Hall–Kier alpha value is -3.85. The molecule has 4 aromatic rings. The van der Waals surface area contributed by atoms with Crippen LogP contribution < -0.4 is 5.32 Å². The first-order chi connectivity index (χ1) is 19.5. The van der Waals surface area contributed by atoms with Crippen molar-refractivity contribution in [3.8, 4) is 11.4 Å². The van der Waals surface area contributed by atoms with Gasteiger partial charge in [-0.2, -0.15) is 0 Å². The quantitative estimate of drug-likeness (QED) is 0.232. The highest BCUT2D eigenvalue weighted by Gasteiger charge is 2.36. The molecule has 5 rings (SSSR count). The molecule has 1 aliphatic carbocycles. The molecule has 1 saturated carbocycles. The van der Waals surface area contributed by atoms with Gasteiger partial charge in [-0.05, 0) is 74.6 Å². The molecule has 214 valence electrons. The molecule has 0 spiro atoms. The molecular formula is C31H29ClF3N3O3. The summed E-state index contributed by atoms with van der Waals surface area (Å²) >= 11 is 6.10. The second-order valence-electron chi connectivity index (χ2n) is 11.0. The maximum Gasteiger partial charge on any atom is 0.313 e. The zero-order valence-electron chi connectivity index (χ0n) is 22.6. The van der Waals surface area contributed by atoms with Crippen molar-refractivity contribution < 1.29 is 27.9 Å². The van der Waals surface area contributed by atoms with Gasteiger partial charge >= 0.3 is 5.97 Å². The fourth-order valence-electron chi connectivity index (χ4n) is 5.50. The van der Waals surface area contributed by atoms with Crippen LogP contribution >= 0.6 is 11.6 Å². The van der Waals surface area contributed by atoms with Gasteiger partial charge in [0.05, 0.1) is 22.1 Å². The van der Waals surface area contributed by atoms with E-state index in [1.54, 1.807) is 28.8 Å². The first-order valence-electron chi connectivity index (χ1n) is 13.4. The number of carbonyl (C=O) groups is 2. The Labute approximate surface area is 240 Å². The summed E-state index contributed by atoms with van der Waals surface area (Å²) in [6.45, 7) is 2.93. The average Bonchev–Trinajstić information content (AvgIpc) is 3.28. The van der Waals surface area contributed by atoms with Gasteiger partial charge in [-0.15, -0.1) is 0 Å². The lowest BCUT2D eigenvalue weighted by atomic mass is 9.83. The van der Waals surface area contributed by atoms with E-state index in [2.05, 4.69) is 10.3 Å². The van der Waals surface area contributed by atoms with Crippen LogP contribution in [0.1, 0.15) is 57.6 Å².